The van der Waals surface area contributed by atoms with Gasteiger partial charge in [-0.05, 0) is 49.3 Å². The number of allylic oxidation sites excluding steroid dienone is 2. The Hall–Kier alpha value is -1.77. The van der Waals surface area contributed by atoms with Gasteiger partial charge in [0.2, 0.25) is 5.91 Å². The summed E-state index contributed by atoms with van der Waals surface area (Å²) in [7, 11) is 0. The van der Waals surface area contributed by atoms with Crippen LogP contribution in [0.3, 0.4) is 0 Å². The normalized spacial score (nSPS) is 20.9. The average molecular weight is 271 g/mol. The van der Waals surface area contributed by atoms with Crippen LogP contribution in [0, 0.1) is 5.92 Å². The molecule has 0 aromatic heterocycles. The molecule has 2 aliphatic rings. The van der Waals surface area contributed by atoms with E-state index in [1.807, 2.05) is 12.1 Å². The number of aryl methyl sites for hydroxylation is 1. The van der Waals surface area contributed by atoms with Crippen LogP contribution in [0.4, 0.5) is 0 Å². The highest BCUT2D eigenvalue weighted by Gasteiger charge is 2.18. The topological polar surface area (TPSA) is 38.3 Å². The van der Waals surface area contributed by atoms with Gasteiger partial charge in [0.1, 0.15) is 5.75 Å². The van der Waals surface area contributed by atoms with Crippen LogP contribution in [0.25, 0.3) is 0 Å². The molecule has 0 spiro atoms. The minimum absolute atomic E-state index is 0.154. The zero-order valence-corrected chi connectivity index (χ0v) is 11.7. The lowest BCUT2D eigenvalue weighted by molar-refractivity contribution is -0.125. The Kier molecular flexibility index (Phi) is 4.05. The van der Waals surface area contributed by atoms with Gasteiger partial charge in [-0.1, -0.05) is 24.3 Å². The molecule has 1 aliphatic heterocycles. The lowest BCUT2D eigenvalue weighted by atomic mass is 9.93. The van der Waals surface area contributed by atoms with Crippen LogP contribution in [0.5, 0.6) is 5.75 Å². The highest BCUT2D eigenvalue weighted by Crippen LogP contribution is 2.25. The third kappa shape index (κ3) is 3.03. The van der Waals surface area contributed by atoms with Gasteiger partial charge in [-0.25, -0.2) is 0 Å². The lowest BCUT2D eigenvalue weighted by Crippen LogP contribution is -2.30. The number of fused-ring (bicyclic) bond motifs is 1. The van der Waals surface area contributed by atoms with Crippen molar-refractivity contribution in [3.63, 3.8) is 0 Å². The van der Waals surface area contributed by atoms with Crippen LogP contribution in [0.1, 0.15) is 36.8 Å². The smallest absolute Gasteiger partial charge is 0.223 e. The van der Waals surface area contributed by atoms with Crippen LogP contribution in [-0.4, -0.2) is 12.5 Å². The highest BCUT2D eigenvalue weighted by atomic mass is 16.5. The molecule has 20 heavy (non-hydrogen) atoms. The molecule has 0 fully saturated rings. The van der Waals surface area contributed by atoms with Crippen molar-refractivity contribution in [2.45, 2.75) is 38.6 Å². The summed E-state index contributed by atoms with van der Waals surface area (Å²) in [5, 5.41) is 3.06. The second kappa shape index (κ2) is 6.12. The van der Waals surface area contributed by atoms with E-state index in [0.717, 1.165) is 50.0 Å². The highest BCUT2D eigenvalue weighted by molar-refractivity contribution is 5.79. The Balaban J connectivity index is 1.58. The van der Waals surface area contributed by atoms with E-state index in [-0.39, 0.29) is 11.8 Å². The van der Waals surface area contributed by atoms with Crippen molar-refractivity contribution >= 4 is 5.91 Å². The average Bonchev–Trinajstić information content (AvgIpc) is 2.53. The molecule has 1 heterocycles. The van der Waals surface area contributed by atoms with Gasteiger partial charge >= 0.3 is 0 Å². The van der Waals surface area contributed by atoms with Crippen molar-refractivity contribution in [1.29, 1.82) is 0 Å². The number of hydrogen-bond donors (Lipinski definition) is 1. The van der Waals surface area contributed by atoms with Gasteiger partial charge in [0.05, 0.1) is 6.61 Å². The van der Waals surface area contributed by atoms with Gasteiger partial charge < -0.3 is 10.1 Å². The summed E-state index contributed by atoms with van der Waals surface area (Å²) in [6, 6.07) is 6.24. The van der Waals surface area contributed by atoms with Gasteiger partial charge in [0.25, 0.3) is 0 Å². The number of carbonyl (C=O) groups excluding carboxylic acids is 1. The second-order valence-corrected chi connectivity index (χ2v) is 5.59. The van der Waals surface area contributed by atoms with Crippen molar-refractivity contribution in [3.8, 4) is 5.75 Å². The summed E-state index contributed by atoms with van der Waals surface area (Å²) < 4.78 is 5.60. The molecule has 0 radical (unpaired) electrons. The molecule has 1 aliphatic carbocycles. The summed E-state index contributed by atoms with van der Waals surface area (Å²) in [5.74, 6) is 1.34. The lowest BCUT2D eigenvalue weighted by Gasteiger charge is -2.19. The van der Waals surface area contributed by atoms with E-state index in [9.17, 15) is 4.79 Å². The van der Waals surface area contributed by atoms with Crippen molar-refractivity contribution in [1.82, 2.24) is 5.32 Å². The fraction of sp³-hybridized carbons (Fsp3) is 0.471. The molecule has 1 amide bonds. The number of benzene rings is 1. The molecule has 106 valence electrons. The van der Waals surface area contributed by atoms with E-state index >= 15 is 0 Å². The molecular formula is C17H21NO2. The molecule has 0 saturated heterocycles. The molecule has 1 aromatic rings. The Morgan fingerprint density at radius 2 is 2.30 bits per heavy atom. The third-order valence-electron chi connectivity index (χ3n) is 4.08. The predicted molar refractivity (Wildman–Crippen MR) is 78.6 cm³/mol. The molecule has 3 nitrogen and oxygen atoms in total. The number of nitrogens with one attached hydrogen (secondary N) is 1. The first-order chi connectivity index (χ1) is 9.83. The molecule has 1 atom stereocenters. The second-order valence-electron chi connectivity index (χ2n) is 5.59. The zero-order valence-electron chi connectivity index (χ0n) is 11.7. The zero-order chi connectivity index (χ0) is 13.8. The van der Waals surface area contributed by atoms with Gasteiger partial charge in [0, 0.05) is 12.5 Å². The van der Waals surface area contributed by atoms with Crippen molar-refractivity contribution in [2.75, 3.05) is 6.61 Å². The first-order valence-corrected chi connectivity index (χ1v) is 7.50. The number of carbonyl (C=O) groups is 1. The van der Waals surface area contributed by atoms with E-state index in [2.05, 4.69) is 23.5 Å². The maximum Gasteiger partial charge on any atom is 0.223 e. The van der Waals surface area contributed by atoms with E-state index in [1.165, 1.54) is 5.56 Å². The van der Waals surface area contributed by atoms with Crippen molar-refractivity contribution < 1.29 is 9.53 Å². The number of rotatable bonds is 3. The standard InChI is InChI=1S/C17H21NO2/c19-17(14-5-2-1-3-6-14)18-12-13-8-9-16-15(11-13)7-4-10-20-16/h1-2,8-9,11,14H,3-7,10,12H2,(H,18,19)/t14-/m0/s1. The molecule has 0 saturated carbocycles. The number of hydrogen-bond acceptors (Lipinski definition) is 2. The molecule has 1 aromatic carbocycles. The Bertz CT molecular complexity index is 522. The van der Waals surface area contributed by atoms with E-state index < -0.39 is 0 Å². The maximum atomic E-state index is 12.1. The third-order valence-corrected chi connectivity index (χ3v) is 4.08. The Labute approximate surface area is 120 Å². The summed E-state index contributed by atoms with van der Waals surface area (Å²) in [6.07, 6.45) is 9.30. The molecule has 3 heteroatoms. The Morgan fingerprint density at radius 1 is 1.35 bits per heavy atom. The van der Waals surface area contributed by atoms with E-state index in [4.69, 9.17) is 4.74 Å². The van der Waals surface area contributed by atoms with Crippen LogP contribution >= 0.6 is 0 Å². The van der Waals surface area contributed by atoms with Crippen LogP contribution in [0.2, 0.25) is 0 Å². The van der Waals surface area contributed by atoms with Crippen LogP contribution in [-0.2, 0) is 17.8 Å². The molecule has 3 rings (SSSR count). The fourth-order valence-electron chi connectivity index (χ4n) is 2.89. The quantitative estimate of drug-likeness (QED) is 0.858. The van der Waals surface area contributed by atoms with Crippen molar-refractivity contribution in [3.05, 3.63) is 41.5 Å². The van der Waals surface area contributed by atoms with Gasteiger partial charge in [-0.15, -0.1) is 0 Å². The number of ether oxygens (including phenoxy) is 1. The van der Waals surface area contributed by atoms with E-state index in [1.54, 1.807) is 0 Å². The fourth-order valence-corrected chi connectivity index (χ4v) is 2.89. The predicted octanol–water partition coefficient (Wildman–Crippen LogP) is 2.98. The SMILES string of the molecule is O=C(NCc1ccc2c(c1)CCCO2)[C@H]1CC=CCC1. The summed E-state index contributed by atoms with van der Waals surface area (Å²) >= 11 is 0. The van der Waals surface area contributed by atoms with Gasteiger partial charge in [-0.2, -0.15) is 0 Å². The van der Waals surface area contributed by atoms with Crippen LogP contribution in [0.15, 0.2) is 30.4 Å². The monoisotopic (exact) mass is 271 g/mol. The van der Waals surface area contributed by atoms with Crippen LogP contribution < -0.4 is 10.1 Å². The summed E-state index contributed by atoms with van der Waals surface area (Å²) in [6.45, 7) is 1.44. The molecular weight excluding hydrogens is 250 g/mol. The van der Waals surface area contributed by atoms with Crippen molar-refractivity contribution in [2.24, 2.45) is 5.92 Å². The first kappa shape index (κ1) is 13.2. The molecule has 0 bridgehead atoms. The maximum absolute atomic E-state index is 12.1. The minimum atomic E-state index is 0.154. The summed E-state index contributed by atoms with van der Waals surface area (Å²) in [5.41, 5.74) is 2.43. The molecule has 0 unspecified atom stereocenters. The summed E-state index contributed by atoms with van der Waals surface area (Å²) in [4.78, 5) is 12.1. The van der Waals surface area contributed by atoms with Gasteiger partial charge in [0.15, 0.2) is 0 Å². The Morgan fingerprint density at radius 3 is 3.15 bits per heavy atom. The largest absolute Gasteiger partial charge is 0.493 e. The van der Waals surface area contributed by atoms with Gasteiger partial charge in [-0.3, -0.25) is 4.79 Å². The first-order valence-electron chi connectivity index (χ1n) is 7.50. The molecule has 1 N–H and O–H groups in total. The van der Waals surface area contributed by atoms with E-state index in [0.29, 0.717) is 6.54 Å². The number of amides is 1. The minimum Gasteiger partial charge on any atom is -0.493 e.